The van der Waals surface area contributed by atoms with E-state index in [-0.39, 0.29) is 19.1 Å². The summed E-state index contributed by atoms with van der Waals surface area (Å²) in [4.78, 5) is 38.7. The van der Waals surface area contributed by atoms with E-state index in [2.05, 4.69) is 5.32 Å². The van der Waals surface area contributed by atoms with Gasteiger partial charge in [0, 0.05) is 6.54 Å². The van der Waals surface area contributed by atoms with E-state index in [4.69, 9.17) is 9.47 Å². The number of benzene rings is 2. The third kappa shape index (κ3) is 5.83. The number of rotatable bonds is 7. The number of nitrogens with zero attached hydrogens (tertiary/aromatic N) is 1. The summed E-state index contributed by atoms with van der Waals surface area (Å²) in [5.74, 6) is -0.906. The van der Waals surface area contributed by atoms with Crippen LogP contribution in [0.3, 0.4) is 0 Å². The fourth-order valence-electron chi connectivity index (χ4n) is 3.28. The highest BCUT2D eigenvalue weighted by Crippen LogP contribution is 2.19. The van der Waals surface area contributed by atoms with Crippen LogP contribution in [-0.2, 0) is 32.3 Å². The van der Waals surface area contributed by atoms with Gasteiger partial charge in [-0.25, -0.2) is 9.59 Å². The Morgan fingerprint density at radius 1 is 0.967 bits per heavy atom. The maximum absolute atomic E-state index is 12.7. The SMILES string of the molecule is C[C@@H](NC(=O)[C@H]1CCCN1C(=O)OCc1ccccc1)C(=O)OCc1ccccc1. The molecule has 1 fully saturated rings. The lowest BCUT2D eigenvalue weighted by Gasteiger charge is -2.24. The fraction of sp³-hybridized carbons (Fsp3) is 0.348. The molecular formula is C23H26N2O5. The summed E-state index contributed by atoms with van der Waals surface area (Å²) in [6.07, 6.45) is 0.694. The Hall–Kier alpha value is -3.35. The van der Waals surface area contributed by atoms with Gasteiger partial charge < -0.3 is 14.8 Å². The van der Waals surface area contributed by atoms with E-state index in [0.29, 0.717) is 19.4 Å². The van der Waals surface area contributed by atoms with Crippen molar-refractivity contribution >= 4 is 18.0 Å². The minimum absolute atomic E-state index is 0.140. The zero-order valence-electron chi connectivity index (χ0n) is 17.0. The lowest BCUT2D eigenvalue weighted by molar-refractivity contribution is -0.149. The molecule has 1 N–H and O–H groups in total. The molecule has 1 saturated heterocycles. The van der Waals surface area contributed by atoms with Crippen LogP contribution in [0.5, 0.6) is 0 Å². The smallest absolute Gasteiger partial charge is 0.410 e. The lowest BCUT2D eigenvalue weighted by Crippen LogP contribution is -2.50. The van der Waals surface area contributed by atoms with Crippen LogP contribution in [0.4, 0.5) is 4.79 Å². The van der Waals surface area contributed by atoms with Crippen molar-refractivity contribution in [3.8, 4) is 0 Å². The highest BCUT2D eigenvalue weighted by atomic mass is 16.6. The van der Waals surface area contributed by atoms with Crippen molar-refractivity contribution in [3.05, 3.63) is 71.8 Å². The minimum atomic E-state index is -0.816. The van der Waals surface area contributed by atoms with Gasteiger partial charge in [0.05, 0.1) is 0 Å². The van der Waals surface area contributed by atoms with Crippen molar-refractivity contribution in [1.82, 2.24) is 10.2 Å². The Morgan fingerprint density at radius 3 is 2.13 bits per heavy atom. The first kappa shape index (κ1) is 21.4. The van der Waals surface area contributed by atoms with Gasteiger partial charge in [-0.2, -0.15) is 0 Å². The first-order chi connectivity index (χ1) is 14.5. The summed E-state index contributed by atoms with van der Waals surface area (Å²) in [6, 6.07) is 17.2. The standard InChI is InChI=1S/C23H26N2O5/c1-17(22(27)29-15-18-9-4-2-5-10-18)24-21(26)20-13-8-14-25(20)23(28)30-16-19-11-6-3-7-12-19/h2-7,9-12,17,20H,8,13-16H2,1H3,(H,24,26)/t17-,20-/m1/s1. The topological polar surface area (TPSA) is 84.9 Å². The highest BCUT2D eigenvalue weighted by Gasteiger charge is 2.36. The van der Waals surface area contributed by atoms with Gasteiger partial charge in [0.1, 0.15) is 25.3 Å². The molecule has 2 amide bonds. The van der Waals surface area contributed by atoms with Crippen LogP contribution in [0.1, 0.15) is 30.9 Å². The molecule has 0 saturated carbocycles. The number of carbonyl (C=O) groups is 3. The minimum Gasteiger partial charge on any atom is -0.459 e. The molecule has 7 nitrogen and oxygen atoms in total. The van der Waals surface area contributed by atoms with Crippen molar-refractivity contribution < 1.29 is 23.9 Å². The number of nitrogens with one attached hydrogen (secondary N) is 1. The van der Waals surface area contributed by atoms with Gasteiger partial charge >= 0.3 is 12.1 Å². The van der Waals surface area contributed by atoms with Crippen LogP contribution in [0.2, 0.25) is 0 Å². The molecule has 0 aliphatic carbocycles. The van der Waals surface area contributed by atoms with E-state index < -0.39 is 24.1 Å². The number of hydrogen-bond donors (Lipinski definition) is 1. The normalized spacial score (nSPS) is 16.6. The van der Waals surface area contributed by atoms with Crippen LogP contribution in [0.25, 0.3) is 0 Å². The van der Waals surface area contributed by atoms with E-state index in [1.54, 1.807) is 6.92 Å². The molecule has 2 atom stereocenters. The van der Waals surface area contributed by atoms with Gasteiger partial charge in [-0.15, -0.1) is 0 Å². The highest BCUT2D eigenvalue weighted by molar-refractivity contribution is 5.89. The summed E-state index contributed by atoms with van der Waals surface area (Å²) in [6.45, 7) is 2.30. The molecule has 0 spiro atoms. The van der Waals surface area contributed by atoms with Gasteiger partial charge in [-0.1, -0.05) is 60.7 Å². The van der Waals surface area contributed by atoms with Gasteiger partial charge in [0.25, 0.3) is 0 Å². The van der Waals surface area contributed by atoms with E-state index in [1.165, 1.54) is 4.90 Å². The molecule has 1 aliphatic rings. The first-order valence-corrected chi connectivity index (χ1v) is 10.0. The van der Waals surface area contributed by atoms with Crippen molar-refractivity contribution in [2.75, 3.05) is 6.54 Å². The van der Waals surface area contributed by atoms with E-state index in [1.807, 2.05) is 60.7 Å². The number of carbonyl (C=O) groups excluding carboxylic acids is 3. The summed E-state index contributed by atoms with van der Waals surface area (Å²) in [5.41, 5.74) is 1.74. The Labute approximate surface area is 176 Å². The summed E-state index contributed by atoms with van der Waals surface area (Å²) >= 11 is 0. The van der Waals surface area contributed by atoms with Gasteiger partial charge in [0.15, 0.2) is 0 Å². The zero-order chi connectivity index (χ0) is 21.3. The lowest BCUT2D eigenvalue weighted by atomic mass is 10.2. The number of esters is 1. The molecule has 30 heavy (non-hydrogen) atoms. The molecule has 158 valence electrons. The second-order valence-electron chi connectivity index (χ2n) is 7.22. The molecule has 3 rings (SSSR count). The number of hydrogen-bond acceptors (Lipinski definition) is 5. The molecule has 1 heterocycles. The number of likely N-dealkylation sites (tertiary alicyclic amines) is 1. The Balaban J connectivity index is 1.48. The quantitative estimate of drug-likeness (QED) is 0.709. The Morgan fingerprint density at radius 2 is 1.53 bits per heavy atom. The monoisotopic (exact) mass is 410 g/mol. The van der Waals surface area contributed by atoms with Crippen molar-refractivity contribution in [2.24, 2.45) is 0 Å². The number of amides is 2. The molecular weight excluding hydrogens is 384 g/mol. The van der Waals surface area contributed by atoms with Gasteiger partial charge in [-0.05, 0) is 30.9 Å². The molecule has 7 heteroatoms. The van der Waals surface area contributed by atoms with Crippen LogP contribution in [-0.4, -0.2) is 41.5 Å². The fourth-order valence-corrected chi connectivity index (χ4v) is 3.28. The van der Waals surface area contributed by atoms with Crippen LogP contribution >= 0.6 is 0 Å². The number of ether oxygens (including phenoxy) is 2. The second kappa shape index (κ2) is 10.4. The average molecular weight is 410 g/mol. The molecule has 1 aliphatic heterocycles. The van der Waals surface area contributed by atoms with E-state index in [9.17, 15) is 14.4 Å². The maximum atomic E-state index is 12.7. The predicted octanol–water partition coefficient (Wildman–Crippen LogP) is 3.04. The largest absolute Gasteiger partial charge is 0.459 e. The van der Waals surface area contributed by atoms with E-state index in [0.717, 1.165) is 11.1 Å². The molecule has 0 bridgehead atoms. The Kier molecular flexibility index (Phi) is 7.43. The van der Waals surface area contributed by atoms with Gasteiger partial charge in [-0.3, -0.25) is 9.69 Å². The summed E-state index contributed by atoms with van der Waals surface area (Å²) in [7, 11) is 0. The van der Waals surface area contributed by atoms with Gasteiger partial charge in [0.2, 0.25) is 5.91 Å². The van der Waals surface area contributed by atoms with Crippen molar-refractivity contribution in [1.29, 1.82) is 0 Å². The third-order valence-electron chi connectivity index (χ3n) is 4.93. The maximum Gasteiger partial charge on any atom is 0.410 e. The summed E-state index contributed by atoms with van der Waals surface area (Å²) < 4.78 is 10.6. The second-order valence-corrected chi connectivity index (χ2v) is 7.22. The van der Waals surface area contributed by atoms with Crippen molar-refractivity contribution in [3.63, 3.8) is 0 Å². The Bertz CT molecular complexity index is 856. The molecule has 0 aromatic heterocycles. The average Bonchev–Trinajstić information content (AvgIpc) is 3.27. The molecule has 0 unspecified atom stereocenters. The van der Waals surface area contributed by atoms with E-state index >= 15 is 0 Å². The third-order valence-corrected chi connectivity index (χ3v) is 4.93. The first-order valence-electron chi connectivity index (χ1n) is 10.0. The summed E-state index contributed by atoms with van der Waals surface area (Å²) in [5, 5.41) is 2.65. The van der Waals surface area contributed by atoms with Crippen LogP contribution in [0, 0.1) is 0 Å². The zero-order valence-corrected chi connectivity index (χ0v) is 17.0. The van der Waals surface area contributed by atoms with Crippen LogP contribution < -0.4 is 5.32 Å². The molecule has 2 aromatic rings. The predicted molar refractivity (Wildman–Crippen MR) is 110 cm³/mol. The van der Waals surface area contributed by atoms with Crippen LogP contribution in [0.15, 0.2) is 60.7 Å². The van der Waals surface area contributed by atoms with Crippen molar-refractivity contribution in [2.45, 2.75) is 45.1 Å². The molecule has 0 radical (unpaired) electrons. The molecule has 2 aromatic carbocycles.